The topological polar surface area (TPSA) is 72.8 Å². The average Bonchev–Trinajstić information content (AvgIpc) is 2.96. The normalized spacial score (nSPS) is 46.0. The Bertz CT molecular complexity index is 537. The summed E-state index contributed by atoms with van der Waals surface area (Å²) in [5.74, 6) is -1.13. The van der Waals surface area contributed by atoms with E-state index in [1.807, 2.05) is 13.8 Å². The van der Waals surface area contributed by atoms with Gasteiger partial charge in [0.15, 0.2) is 5.79 Å². The molecule has 0 spiro atoms. The maximum absolute atomic E-state index is 13.6. The fourth-order valence-corrected chi connectivity index (χ4v) is 4.54. The molecule has 122 valence electrons. The molecule has 2 saturated carbocycles. The van der Waals surface area contributed by atoms with E-state index in [1.54, 1.807) is 0 Å². The summed E-state index contributed by atoms with van der Waals surface area (Å²) in [5.41, 5.74) is 0. The summed E-state index contributed by atoms with van der Waals surface area (Å²) in [6.45, 7) is 3.78. The minimum atomic E-state index is -5.36. The molecule has 8 heteroatoms. The van der Waals surface area contributed by atoms with Crippen molar-refractivity contribution in [3.05, 3.63) is 0 Å². The maximum Gasteiger partial charge on any atom is 0.370 e. The van der Waals surface area contributed by atoms with Crippen molar-refractivity contribution in [3.63, 3.8) is 0 Å². The molecule has 3 aliphatic rings. The highest BCUT2D eigenvalue weighted by Gasteiger charge is 2.62. The Kier molecular flexibility index (Phi) is 3.41. The molecule has 0 radical (unpaired) electrons. The predicted molar refractivity (Wildman–Crippen MR) is 69.3 cm³/mol. The SMILES string of the molecule is CCC1(C)OC2C3CC(CC(F)(F)S(=O)(=O)O)C(C3)C2O1. The Morgan fingerprint density at radius 1 is 1.29 bits per heavy atom. The number of hydrogen-bond donors (Lipinski definition) is 1. The number of fused-ring (bicyclic) bond motifs is 5. The summed E-state index contributed by atoms with van der Waals surface area (Å²) < 4.78 is 69.1. The highest BCUT2D eigenvalue weighted by atomic mass is 32.2. The van der Waals surface area contributed by atoms with Crippen molar-refractivity contribution in [1.29, 1.82) is 0 Å². The van der Waals surface area contributed by atoms with Gasteiger partial charge in [0.05, 0.1) is 12.2 Å². The summed E-state index contributed by atoms with van der Waals surface area (Å²) in [6, 6.07) is 0. The quantitative estimate of drug-likeness (QED) is 0.803. The molecule has 0 aromatic heterocycles. The van der Waals surface area contributed by atoms with E-state index in [9.17, 15) is 17.2 Å². The van der Waals surface area contributed by atoms with Gasteiger partial charge in [-0.05, 0) is 43.9 Å². The third-order valence-corrected chi connectivity index (χ3v) is 6.21. The van der Waals surface area contributed by atoms with Crippen LogP contribution in [0, 0.1) is 17.8 Å². The fourth-order valence-electron chi connectivity index (χ4n) is 4.12. The fraction of sp³-hybridized carbons (Fsp3) is 1.00. The van der Waals surface area contributed by atoms with Crippen LogP contribution < -0.4 is 0 Å². The van der Waals surface area contributed by atoms with E-state index in [0.717, 1.165) is 6.42 Å². The van der Waals surface area contributed by atoms with Crippen molar-refractivity contribution >= 4 is 10.1 Å². The molecule has 3 rings (SSSR count). The van der Waals surface area contributed by atoms with Gasteiger partial charge in [-0.3, -0.25) is 4.55 Å². The highest BCUT2D eigenvalue weighted by Crippen LogP contribution is 2.58. The zero-order valence-corrected chi connectivity index (χ0v) is 12.8. The first kappa shape index (κ1) is 15.6. The molecule has 1 saturated heterocycles. The van der Waals surface area contributed by atoms with E-state index in [0.29, 0.717) is 12.8 Å². The first-order valence-corrected chi connectivity index (χ1v) is 8.71. The zero-order chi connectivity index (χ0) is 15.6. The van der Waals surface area contributed by atoms with Gasteiger partial charge in [0.25, 0.3) is 0 Å². The molecule has 6 unspecified atom stereocenters. The summed E-state index contributed by atoms with van der Waals surface area (Å²) in [4.78, 5) is 0. The van der Waals surface area contributed by atoms with E-state index in [-0.39, 0.29) is 24.0 Å². The van der Waals surface area contributed by atoms with Crippen LogP contribution in [0.15, 0.2) is 0 Å². The number of alkyl halides is 2. The average molecular weight is 326 g/mol. The van der Waals surface area contributed by atoms with E-state index in [4.69, 9.17) is 14.0 Å². The van der Waals surface area contributed by atoms with Gasteiger partial charge in [-0.25, -0.2) is 0 Å². The van der Waals surface area contributed by atoms with Crippen molar-refractivity contribution in [1.82, 2.24) is 0 Å². The minimum absolute atomic E-state index is 0.0736. The van der Waals surface area contributed by atoms with Gasteiger partial charge in [-0.2, -0.15) is 17.2 Å². The molecule has 0 aromatic carbocycles. The monoisotopic (exact) mass is 326 g/mol. The third-order valence-electron chi connectivity index (χ3n) is 5.29. The van der Waals surface area contributed by atoms with Crippen LogP contribution in [0.2, 0.25) is 0 Å². The summed E-state index contributed by atoms with van der Waals surface area (Å²) in [6.07, 6.45) is 0.737. The van der Waals surface area contributed by atoms with Crippen molar-refractivity contribution in [2.75, 3.05) is 0 Å². The summed E-state index contributed by atoms with van der Waals surface area (Å²) in [5, 5.41) is -4.09. The molecule has 21 heavy (non-hydrogen) atoms. The first-order valence-electron chi connectivity index (χ1n) is 7.27. The minimum Gasteiger partial charge on any atom is -0.344 e. The van der Waals surface area contributed by atoms with Crippen molar-refractivity contribution < 1.29 is 31.2 Å². The Labute approximate surface area is 122 Å². The second kappa shape index (κ2) is 4.59. The van der Waals surface area contributed by atoms with Gasteiger partial charge < -0.3 is 9.47 Å². The lowest BCUT2D eigenvalue weighted by Gasteiger charge is -2.30. The molecule has 1 aliphatic heterocycles. The van der Waals surface area contributed by atoms with Gasteiger partial charge >= 0.3 is 15.4 Å². The Morgan fingerprint density at radius 2 is 1.90 bits per heavy atom. The van der Waals surface area contributed by atoms with Crippen LogP contribution in [0.1, 0.15) is 39.5 Å². The Balaban J connectivity index is 1.74. The summed E-state index contributed by atoms with van der Waals surface area (Å²) >= 11 is 0. The van der Waals surface area contributed by atoms with Crippen LogP contribution in [0.3, 0.4) is 0 Å². The molecule has 1 N–H and O–H groups in total. The van der Waals surface area contributed by atoms with Gasteiger partial charge in [0.1, 0.15) is 0 Å². The summed E-state index contributed by atoms with van der Waals surface area (Å²) in [7, 11) is -5.36. The lowest BCUT2D eigenvalue weighted by atomic mass is 9.83. The van der Waals surface area contributed by atoms with Gasteiger partial charge in [-0.1, -0.05) is 6.92 Å². The van der Waals surface area contributed by atoms with Crippen LogP contribution in [0.4, 0.5) is 8.78 Å². The predicted octanol–water partition coefficient (Wildman–Crippen LogP) is 2.42. The van der Waals surface area contributed by atoms with Crippen LogP contribution in [0.25, 0.3) is 0 Å². The molecule has 3 fully saturated rings. The largest absolute Gasteiger partial charge is 0.370 e. The third kappa shape index (κ3) is 2.40. The van der Waals surface area contributed by atoms with Crippen LogP contribution in [0.5, 0.6) is 0 Å². The molecule has 0 amide bonds. The Morgan fingerprint density at radius 3 is 2.48 bits per heavy atom. The molecule has 0 aromatic rings. The van der Waals surface area contributed by atoms with Crippen LogP contribution >= 0.6 is 0 Å². The molecule has 2 bridgehead atoms. The van der Waals surface area contributed by atoms with Crippen molar-refractivity contribution in [3.8, 4) is 0 Å². The number of halogens is 2. The molecule has 5 nitrogen and oxygen atoms in total. The molecule has 2 aliphatic carbocycles. The first-order chi connectivity index (χ1) is 9.56. The van der Waals surface area contributed by atoms with Crippen LogP contribution in [-0.2, 0) is 19.6 Å². The standard InChI is InChI=1S/C13H20F2O5S/c1-3-12(2)19-10-7-4-8(9(5-7)11(10)20-12)6-13(14,15)21(16,17)18/h7-11H,3-6H2,1-2H3,(H,16,17,18). The van der Waals surface area contributed by atoms with Crippen LogP contribution in [-0.4, -0.2) is 36.2 Å². The van der Waals surface area contributed by atoms with Gasteiger partial charge in [0, 0.05) is 6.42 Å². The molecular weight excluding hydrogens is 306 g/mol. The molecule has 1 heterocycles. The zero-order valence-electron chi connectivity index (χ0n) is 12.0. The number of rotatable bonds is 4. The lowest BCUT2D eigenvalue weighted by Crippen LogP contribution is -2.39. The number of hydrogen-bond acceptors (Lipinski definition) is 4. The van der Waals surface area contributed by atoms with Gasteiger partial charge in [-0.15, -0.1) is 0 Å². The van der Waals surface area contributed by atoms with Crippen molar-refractivity contribution in [2.24, 2.45) is 17.8 Å². The maximum atomic E-state index is 13.6. The van der Waals surface area contributed by atoms with E-state index in [1.165, 1.54) is 0 Å². The smallest absolute Gasteiger partial charge is 0.344 e. The second-order valence-corrected chi connectivity index (χ2v) is 8.17. The second-order valence-electron chi connectivity index (χ2n) is 6.62. The van der Waals surface area contributed by atoms with E-state index in [2.05, 4.69) is 0 Å². The number of ether oxygens (including phenoxy) is 2. The van der Waals surface area contributed by atoms with E-state index >= 15 is 0 Å². The van der Waals surface area contributed by atoms with Crippen molar-refractivity contribution in [2.45, 2.75) is 62.8 Å². The van der Waals surface area contributed by atoms with Gasteiger partial charge in [0.2, 0.25) is 0 Å². The molecule has 6 atom stereocenters. The Hall–Kier alpha value is -0.310. The molecular formula is C13H20F2O5S. The lowest BCUT2D eigenvalue weighted by molar-refractivity contribution is -0.173. The highest BCUT2D eigenvalue weighted by molar-refractivity contribution is 7.86. The van der Waals surface area contributed by atoms with E-state index < -0.39 is 33.5 Å².